The summed E-state index contributed by atoms with van der Waals surface area (Å²) in [6.07, 6.45) is 6.97. The molecule has 0 saturated heterocycles. The van der Waals surface area contributed by atoms with Gasteiger partial charge in [0.15, 0.2) is 25.1 Å². The maximum atomic E-state index is 14.5. The first-order valence-corrected chi connectivity index (χ1v) is 18.4. The Hall–Kier alpha value is -5.69. The van der Waals surface area contributed by atoms with Crippen molar-refractivity contribution in [2.24, 2.45) is 10.4 Å². The zero-order chi connectivity index (χ0) is 40.7. The highest BCUT2D eigenvalue weighted by molar-refractivity contribution is 7.02. The van der Waals surface area contributed by atoms with Gasteiger partial charge in [-0.15, -0.1) is 6.42 Å². The zero-order valence-electron chi connectivity index (χ0n) is 30.6. The molecule has 0 fully saturated rings. The second-order valence-electron chi connectivity index (χ2n) is 13.3. The van der Waals surface area contributed by atoms with Crippen LogP contribution < -0.4 is 23.9 Å². The van der Waals surface area contributed by atoms with Crippen molar-refractivity contribution in [2.75, 3.05) is 24.7 Å². The molecular formula is C39H36Cl2FN5O8S. The zero-order valence-corrected chi connectivity index (χ0v) is 32.9. The number of fused-ring (bicyclic) bond motifs is 3. The molecule has 0 saturated carbocycles. The lowest BCUT2D eigenvalue weighted by Crippen LogP contribution is -2.39. The quantitative estimate of drug-likeness (QED) is 0.154. The van der Waals surface area contributed by atoms with Crippen LogP contribution in [0.4, 0.5) is 15.8 Å². The average molecular weight is 825 g/mol. The summed E-state index contributed by atoms with van der Waals surface area (Å²) in [7, 11) is 0. The van der Waals surface area contributed by atoms with Gasteiger partial charge in [0.1, 0.15) is 34.3 Å². The minimum absolute atomic E-state index is 0.0964. The van der Waals surface area contributed by atoms with Crippen LogP contribution in [0.5, 0.6) is 17.2 Å². The maximum Gasteiger partial charge on any atom is 0.344 e. The molecule has 17 heteroatoms. The third-order valence-electron chi connectivity index (χ3n) is 8.25. The average Bonchev–Trinajstić information content (AvgIpc) is 3.66. The number of carbonyl (C=O) groups excluding carboxylic acids is 1. The molecule has 0 radical (unpaired) electrons. The molecule has 13 nitrogen and oxygen atoms in total. The monoisotopic (exact) mass is 823 g/mol. The SMILES string of the molecule is C#CCN1C(=O)COc2cc(F)c(/N=c3\snc4n3CC(C)(C)C4)cc21.Cc1cc(Cl)ccc1OC(C)C(=O)O.O=C(O)COc1ccc(Cl)c2cccnc12. The number of aliphatic carboxylic acids is 2. The molecule has 2 aliphatic rings. The third kappa shape index (κ3) is 10.1. The van der Waals surface area contributed by atoms with Gasteiger partial charge in [0, 0.05) is 47.2 Å². The van der Waals surface area contributed by atoms with Crippen LogP contribution >= 0.6 is 34.7 Å². The van der Waals surface area contributed by atoms with E-state index in [2.05, 4.69) is 34.1 Å². The van der Waals surface area contributed by atoms with Crippen molar-refractivity contribution in [1.29, 1.82) is 0 Å². The summed E-state index contributed by atoms with van der Waals surface area (Å²) in [6.45, 7) is 7.96. The number of carboxylic acid groups (broad SMARTS) is 2. The van der Waals surface area contributed by atoms with Gasteiger partial charge in [0.25, 0.3) is 5.91 Å². The molecule has 0 aliphatic carbocycles. The number of pyridine rings is 1. The number of aryl methyl sites for hydroxylation is 1. The number of hydrogen-bond acceptors (Lipinski definition) is 10. The number of terminal acetylenes is 1. The number of anilines is 1. The molecule has 4 heterocycles. The Morgan fingerprint density at radius 1 is 1.16 bits per heavy atom. The van der Waals surface area contributed by atoms with Crippen molar-refractivity contribution in [3.8, 4) is 29.6 Å². The number of nitrogens with zero attached hydrogens (tertiary/aromatic N) is 5. The number of rotatable bonds is 8. The van der Waals surface area contributed by atoms with E-state index in [-0.39, 0.29) is 30.2 Å². The predicted molar refractivity (Wildman–Crippen MR) is 210 cm³/mol. The molecule has 0 spiro atoms. The van der Waals surface area contributed by atoms with Crippen LogP contribution in [0.25, 0.3) is 10.9 Å². The molecule has 0 bridgehead atoms. The molecular weight excluding hydrogens is 788 g/mol. The van der Waals surface area contributed by atoms with E-state index in [1.165, 1.54) is 35.5 Å². The van der Waals surface area contributed by atoms with E-state index in [1.807, 2.05) is 11.5 Å². The number of ether oxygens (including phenoxy) is 3. The van der Waals surface area contributed by atoms with Crippen molar-refractivity contribution >= 4 is 74.9 Å². The molecule has 1 amide bonds. The Labute approximate surface area is 335 Å². The van der Waals surface area contributed by atoms with Crippen molar-refractivity contribution in [3.63, 3.8) is 0 Å². The van der Waals surface area contributed by atoms with Gasteiger partial charge in [-0.1, -0.05) is 43.0 Å². The third-order valence-corrected chi connectivity index (χ3v) is 9.60. The van der Waals surface area contributed by atoms with Crippen molar-refractivity contribution in [3.05, 3.63) is 92.8 Å². The highest BCUT2D eigenvalue weighted by Crippen LogP contribution is 2.38. The minimum atomic E-state index is -1.03. The lowest BCUT2D eigenvalue weighted by Gasteiger charge is -2.28. The fourth-order valence-electron chi connectivity index (χ4n) is 5.60. The topological polar surface area (TPSA) is 166 Å². The van der Waals surface area contributed by atoms with Crippen LogP contribution in [-0.4, -0.2) is 67.8 Å². The predicted octanol–water partition coefficient (Wildman–Crippen LogP) is 7.11. The lowest BCUT2D eigenvalue weighted by molar-refractivity contribution is -0.144. The Balaban J connectivity index is 0.000000172. The van der Waals surface area contributed by atoms with Crippen LogP contribution in [0.1, 0.15) is 32.2 Å². The van der Waals surface area contributed by atoms with Gasteiger partial charge < -0.3 is 29.0 Å². The van der Waals surface area contributed by atoms with Gasteiger partial charge in [-0.25, -0.2) is 19.0 Å². The Morgan fingerprint density at radius 3 is 2.61 bits per heavy atom. The van der Waals surface area contributed by atoms with Crippen molar-refractivity contribution in [1.82, 2.24) is 13.9 Å². The van der Waals surface area contributed by atoms with Gasteiger partial charge in [-0.3, -0.25) is 14.7 Å². The van der Waals surface area contributed by atoms with E-state index in [0.29, 0.717) is 43.3 Å². The Bertz CT molecular complexity index is 2410. The van der Waals surface area contributed by atoms with Crippen LogP contribution in [0, 0.1) is 30.5 Å². The largest absolute Gasteiger partial charge is 0.481 e. The molecule has 2 aromatic heterocycles. The first kappa shape index (κ1) is 41.5. The second kappa shape index (κ2) is 17.8. The standard InChI is InChI=1S/C18H17FN4O2S.C11H8ClNO3.C10H11ClO3/c1-4-5-22-13-7-12(11(19)6-14(13)25-9-16(22)24)20-17-23-10-18(2,3)8-15(23)21-26-17;12-8-3-4-9(16-6-10(14)15)11-7(8)2-1-5-13-11;1-6-5-8(11)3-4-9(6)14-7(2)10(12)13/h1,6-7H,5,8-10H2,2-3H3;1-5H,6H2,(H,14,15);3-5,7H,1-2H3,(H,12,13)/b20-17-;;. The highest BCUT2D eigenvalue weighted by atomic mass is 35.5. The number of halogens is 3. The van der Waals surface area contributed by atoms with Crippen molar-refractivity contribution < 1.29 is 43.2 Å². The molecule has 2 aliphatic heterocycles. The first-order chi connectivity index (χ1) is 26.6. The lowest BCUT2D eigenvalue weighted by atomic mass is 9.92. The van der Waals surface area contributed by atoms with Gasteiger partial charge in [-0.2, -0.15) is 4.37 Å². The van der Waals surface area contributed by atoms with Gasteiger partial charge in [-0.05, 0) is 73.4 Å². The van der Waals surface area contributed by atoms with E-state index in [1.54, 1.807) is 48.7 Å². The number of carbonyl (C=O) groups is 3. The number of benzene rings is 3. The fraction of sp³-hybridized carbons (Fsp3) is 0.282. The summed E-state index contributed by atoms with van der Waals surface area (Å²) >= 11 is 13.0. The molecule has 1 unspecified atom stereocenters. The van der Waals surface area contributed by atoms with E-state index in [0.717, 1.165) is 29.7 Å². The molecule has 292 valence electrons. The number of aromatic nitrogens is 3. The summed E-state index contributed by atoms with van der Waals surface area (Å²) < 4.78 is 36.6. The van der Waals surface area contributed by atoms with E-state index in [9.17, 15) is 18.8 Å². The van der Waals surface area contributed by atoms with Gasteiger partial charge in [0.2, 0.25) is 4.80 Å². The van der Waals surface area contributed by atoms with Crippen LogP contribution in [0.2, 0.25) is 10.0 Å². The molecule has 2 N–H and O–H groups in total. The minimum Gasteiger partial charge on any atom is -0.481 e. The summed E-state index contributed by atoms with van der Waals surface area (Å²) in [6, 6.07) is 14.6. The molecule has 7 rings (SSSR count). The van der Waals surface area contributed by atoms with E-state index < -0.39 is 30.5 Å². The van der Waals surface area contributed by atoms with Gasteiger partial charge in [0.05, 0.1) is 17.3 Å². The first-order valence-electron chi connectivity index (χ1n) is 16.9. The summed E-state index contributed by atoms with van der Waals surface area (Å²) in [5.41, 5.74) is 2.07. The number of hydrogen-bond donors (Lipinski definition) is 2. The van der Waals surface area contributed by atoms with E-state index >= 15 is 0 Å². The fourth-order valence-corrected chi connectivity index (χ4v) is 6.80. The normalized spacial score (nSPS) is 14.5. The number of amides is 1. The van der Waals surface area contributed by atoms with Gasteiger partial charge >= 0.3 is 11.9 Å². The van der Waals surface area contributed by atoms with Crippen LogP contribution in [-0.2, 0) is 27.3 Å². The van der Waals surface area contributed by atoms with E-state index in [4.69, 9.17) is 54.0 Å². The Morgan fingerprint density at radius 2 is 1.91 bits per heavy atom. The van der Waals surface area contributed by atoms with Crippen molar-refractivity contribution in [2.45, 2.75) is 46.8 Å². The second-order valence-corrected chi connectivity index (χ2v) is 14.9. The summed E-state index contributed by atoms with van der Waals surface area (Å²) in [5.74, 6) is 1.87. The molecule has 3 aromatic carbocycles. The van der Waals surface area contributed by atoms with Crippen LogP contribution in [0.15, 0.2) is 65.8 Å². The van der Waals surface area contributed by atoms with Crippen LogP contribution in [0.3, 0.4) is 0 Å². The summed E-state index contributed by atoms with van der Waals surface area (Å²) in [4.78, 5) is 43.6. The smallest absolute Gasteiger partial charge is 0.344 e. The molecule has 56 heavy (non-hydrogen) atoms. The molecule has 5 aromatic rings. The number of carboxylic acids is 2. The maximum absolute atomic E-state index is 14.5. The summed E-state index contributed by atoms with van der Waals surface area (Å²) in [5, 5.41) is 19.1. The highest BCUT2D eigenvalue weighted by Gasteiger charge is 2.31. The Kier molecular flexibility index (Phi) is 13.2. The molecule has 1 atom stereocenters.